The number of phenols is 1. The number of aryl methyl sites for hydroxylation is 1. The van der Waals surface area contributed by atoms with Crippen molar-refractivity contribution in [3.8, 4) is 5.75 Å². The molecule has 2 aromatic rings. The second-order valence-corrected chi connectivity index (χ2v) is 6.02. The van der Waals surface area contributed by atoms with E-state index in [1.54, 1.807) is 6.92 Å². The maximum Gasteiger partial charge on any atom is 1.00 e. The number of benzene rings is 2. The van der Waals surface area contributed by atoms with E-state index in [4.69, 9.17) is 0 Å². The molecule has 0 atom stereocenters. The van der Waals surface area contributed by atoms with Gasteiger partial charge in [-0.2, -0.15) is 4.33 Å². The van der Waals surface area contributed by atoms with E-state index in [2.05, 4.69) is 9.37 Å². The van der Waals surface area contributed by atoms with Crippen LogP contribution in [-0.4, -0.2) is 18.1 Å². The van der Waals surface area contributed by atoms with Gasteiger partial charge in [0.25, 0.3) is 0 Å². The molecule has 108 valence electrons. The Bertz CT molecular complexity index is 765. The average molecular weight is 362 g/mol. The molecule has 1 N–H and O–H groups in total. The van der Waals surface area contributed by atoms with Gasteiger partial charge < -0.3 is 14.9 Å². The fraction of sp³-hybridized carbons (Fsp3) is 0.0909. The van der Waals surface area contributed by atoms with Crippen molar-refractivity contribution < 1.29 is 91.8 Å². The largest absolute Gasteiger partial charge is 1.00 e. The van der Waals surface area contributed by atoms with Crippen molar-refractivity contribution in [3.63, 3.8) is 0 Å². The standard InChI is InChI=1S/C11H10O7S2.2Na/c1-6-9(12)3-2-7-4-8(20(14,15)16)5-10(11(6)7)19-18-17-13;;/h2-5,12-13H,1H3,(H,14,15,16);;/q;2*+1/p-2. The van der Waals surface area contributed by atoms with Crippen molar-refractivity contribution in [1.29, 1.82) is 0 Å². The predicted molar refractivity (Wildman–Crippen MR) is 66.3 cm³/mol. The van der Waals surface area contributed by atoms with Crippen LogP contribution >= 0.6 is 12.0 Å². The van der Waals surface area contributed by atoms with Crippen LogP contribution in [0.15, 0.2) is 34.1 Å². The van der Waals surface area contributed by atoms with Crippen LogP contribution in [0.3, 0.4) is 0 Å². The third-order valence-electron chi connectivity index (χ3n) is 2.73. The zero-order chi connectivity index (χ0) is 14.9. The molecule has 0 aliphatic carbocycles. The van der Waals surface area contributed by atoms with Gasteiger partial charge in [-0.05, 0) is 36.1 Å². The molecule has 7 nitrogen and oxygen atoms in total. The van der Waals surface area contributed by atoms with Crippen LogP contribution in [0.25, 0.3) is 10.8 Å². The maximum atomic E-state index is 11.1. The van der Waals surface area contributed by atoms with Gasteiger partial charge in [-0.25, -0.2) is 8.42 Å². The van der Waals surface area contributed by atoms with Crippen molar-refractivity contribution in [2.24, 2.45) is 0 Å². The van der Waals surface area contributed by atoms with Gasteiger partial charge in [0.2, 0.25) is 0 Å². The average Bonchev–Trinajstić information content (AvgIpc) is 2.39. The van der Waals surface area contributed by atoms with E-state index in [9.17, 15) is 23.3 Å². The molecule has 2 aromatic carbocycles. The molecular weight excluding hydrogens is 354 g/mol. The van der Waals surface area contributed by atoms with Crippen LogP contribution in [0.2, 0.25) is 0 Å². The summed E-state index contributed by atoms with van der Waals surface area (Å²) in [5.74, 6) is -0.0138. The Labute approximate surface area is 175 Å². The van der Waals surface area contributed by atoms with Crippen molar-refractivity contribution in [2.45, 2.75) is 16.7 Å². The molecule has 0 aliphatic heterocycles. The van der Waals surface area contributed by atoms with E-state index in [0.717, 1.165) is 6.07 Å². The van der Waals surface area contributed by atoms with Gasteiger partial charge in [-0.15, -0.1) is 0 Å². The minimum absolute atomic E-state index is 0. The third kappa shape index (κ3) is 5.07. The predicted octanol–water partition coefficient (Wildman–Crippen LogP) is -5.00. The number of hydrogen-bond acceptors (Lipinski definition) is 8. The van der Waals surface area contributed by atoms with Crippen LogP contribution in [0.1, 0.15) is 5.56 Å². The molecule has 22 heavy (non-hydrogen) atoms. The molecule has 0 saturated carbocycles. The zero-order valence-electron chi connectivity index (χ0n) is 12.0. The van der Waals surface area contributed by atoms with E-state index in [-0.39, 0.29) is 69.8 Å². The number of hydrogen-bond donors (Lipinski definition) is 1. The zero-order valence-corrected chi connectivity index (χ0v) is 17.7. The summed E-state index contributed by atoms with van der Waals surface area (Å²) in [7, 11) is -4.67. The van der Waals surface area contributed by atoms with Crippen LogP contribution in [0, 0.1) is 6.92 Å². The van der Waals surface area contributed by atoms with Gasteiger partial charge >= 0.3 is 59.1 Å². The van der Waals surface area contributed by atoms with Gasteiger partial charge in [0, 0.05) is 10.3 Å². The molecule has 0 fully saturated rings. The van der Waals surface area contributed by atoms with E-state index >= 15 is 0 Å². The number of rotatable bonds is 4. The second kappa shape index (κ2) is 9.21. The van der Waals surface area contributed by atoms with E-state index in [0.29, 0.717) is 28.4 Å². The normalized spacial score (nSPS) is 10.9. The smallest absolute Gasteiger partial charge is 0.744 e. The van der Waals surface area contributed by atoms with E-state index in [1.807, 2.05) is 0 Å². The molecule has 0 heterocycles. The van der Waals surface area contributed by atoms with Crippen LogP contribution in [-0.2, 0) is 19.5 Å². The summed E-state index contributed by atoms with van der Waals surface area (Å²) in [5, 5.41) is 23.7. The maximum absolute atomic E-state index is 11.1. The quantitative estimate of drug-likeness (QED) is 0.189. The summed E-state index contributed by atoms with van der Waals surface area (Å²) < 4.78 is 37.5. The molecule has 0 amide bonds. The van der Waals surface area contributed by atoms with Gasteiger partial charge in [0.05, 0.1) is 16.9 Å². The summed E-state index contributed by atoms with van der Waals surface area (Å²) in [4.78, 5) is -0.298. The van der Waals surface area contributed by atoms with Crippen LogP contribution in [0.5, 0.6) is 5.75 Å². The molecule has 0 aromatic heterocycles. The number of fused-ring (bicyclic) bond motifs is 1. The van der Waals surface area contributed by atoms with Gasteiger partial charge in [-0.1, -0.05) is 6.07 Å². The summed E-state index contributed by atoms with van der Waals surface area (Å²) >= 11 is 0.454. The first-order chi connectivity index (χ1) is 9.34. The Kier molecular flexibility index (Phi) is 9.48. The monoisotopic (exact) mass is 362 g/mol. The number of aromatic hydroxyl groups is 1. The van der Waals surface area contributed by atoms with Crippen LogP contribution in [0.4, 0.5) is 0 Å². The molecule has 11 heteroatoms. The SMILES string of the molecule is Cc1c(O)ccc2cc(S(=O)(=O)[O-])cc(SOO[O-])c12.[Na+].[Na+]. The molecule has 0 radical (unpaired) electrons. The Morgan fingerprint density at radius 3 is 2.41 bits per heavy atom. The summed E-state index contributed by atoms with van der Waals surface area (Å²) in [6.45, 7) is 1.60. The molecular formula is C11H8Na2O7S2. The number of phenolic OH excluding ortho intramolecular Hbond substituents is 1. The molecule has 0 saturated heterocycles. The van der Waals surface area contributed by atoms with Gasteiger partial charge in [0.1, 0.15) is 15.9 Å². The molecule has 2 rings (SSSR count). The van der Waals surface area contributed by atoms with Crippen LogP contribution < -0.4 is 64.4 Å². The van der Waals surface area contributed by atoms with E-state index in [1.165, 1.54) is 18.2 Å². The first-order valence-electron chi connectivity index (χ1n) is 5.20. The van der Waals surface area contributed by atoms with E-state index < -0.39 is 15.0 Å². The fourth-order valence-corrected chi connectivity index (χ4v) is 3.06. The third-order valence-corrected chi connectivity index (χ3v) is 4.16. The van der Waals surface area contributed by atoms with Gasteiger partial charge in [-0.3, -0.25) is 5.04 Å². The second-order valence-electron chi connectivity index (χ2n) is 3.90. The molecule has 0 bridgehead atoms. The minimum atomic E-state index is -4.67. The summed E-state index contributed by atoms with van der Waals surface area (Å²) in [6, 6.07) is 5.07. The Morgan fingerprint density at radius 1 is 1.23 bits per heavy atom. The molecule has 0 unspecified atom stereocenters. The first kappa shape index (κ1) is 22.6. The molecule has 0 aliphatic rings. The van der Waals surface area contributed by atoms with Crippen molar-refractivity contribution in [3.05, 3.63) is 29.8 Å². The van der Waals surface area contributed by atoms with Crippen molar-refractivity contribution in [1.82, 2.24) is 0 Å². The Balaban J connectivity index is 0.00000220. The minimum Gasteiger partial charge on any atom is -0.744 e. The fourth-order valence-electron chi connectivity index (χ4n) is 1.83. The van der Waals surface area contributed by atoms with Crippen molar-refractivity contribution in [2.75, 3.05) is 0 Å². The Hall–Kier alpha value is 0.640. The molecule has 0 spiro atoms. The summed E-state index contributed by atoms with van der Waals surface area (Å²) in [5.41, 5.74) is 0.453. The Morgan fingerprint density at radius 2 is 1.86 bits per heavy atom. The van der Waals surface area contributed by atoms with Gasteiger partial charge in [0.15, 0.2) is 0 Å². The topological polar surface area (TPSA) is 119 Å². The van der Waals surface area contributed by atoms with Crippen molar-refractivity contribution >= 4 is 32.9 Å². The first-order valence-corrected chi connectivity index (χ1v) is 7.35. The summed E-state index contributed by atoms with van der Waals surface area (Å²) in [6.07, 6.45) is 0.